The summed E-state index contributed by atoms with van der Waals surface area (Å²) in [5.41, 5.74) is -0.222. The third-order valence-electron chi connectivity index (χ3n) is 5.81. The molecule has 0 bridgehead atoms. The number of carbonyl (C=O) groups is 4. The minimum Gasteiger partial charge on any atom is -0.481 e. The molecule has 8 nitrogen and oxygen atoms in total. The summed E-state index contributed by atoms with van der Waals surface area (Å²) in [4.78, 5) is 48.2. The van der Waals surface area contributed by atoms with E-state index in [0.717, 1.165) is 24.8 Å². The zero-order chi connectivity index (χ0) is 23.2. The second-order valence-corrected chi connectivity index (χ2v) is 8.96. The van der Waals surface area contributed by atoms with Crippen LogP contribution < -0.4 is 10.6 Å². The maximum absolute atomic E-state index is 13.1. The minimum absolute atomic E-state index is 0.239. The average Bonchev–Trinajstić information content (AvgIpc) is 2.66. The number of nitrogens with one attached hydrogen (secondary N) is 2. The van der Waals surface area contributed by atoms with E-state index in [0.29, 0.717) is 11.4 Å². The monoisotopic (exact) mass is 452 g/mol. The molecule has 0 spiro atoms. The van der Waals surface area contributed by atoms with Gasteiger partial charge in [0.05, 0.1) is 5.41 Å². The SMILES string of the molecule is CC(C)(C(=O)N[C@@H](CC1CCC1)C(=O)N[C@H](CCC(=O)O)C(=O)O)c1ccc(Cl)cc1. The molecule has 1 aromatic carbocycles. The van der Waals surface area contributed by atoms with Gasteiger partial charge in [-0.3, -0.25) is 14.4 Å². The lowest BCUT2D eigenvalue weighted by Crippen LogP contribution is -2.55. The van der Waals surface area contributed by atoms with Gasteiger partial charge in [0.2, 0.25) is 11.8 Å². The first kappa shape index (κ1) is 24.7. The highest BCUT2D eigenvalue weighted by molar-refractivity contribution is 6.30. The van der Waals surface area contributed by atoms with Crippen LogP contribution in [0.1, 0.15) is 57.9 Å². The normalized spacial score (nSPS) is 16.0. The summed E-state index contributed by atoms with van der Waals surface area (Å²) in [5.74, 6) is -3.18. The Kier molecular flexibility index (Phi) is 8.44. The van der Waals surface area contributed by atoms with Gasteiger partial charge >= 0.3 is 11.9 Å². The number of rotatable bonds is 11. The fraction of sp³-hybridized carbons (Fsp3) is 0.545. The Morgan fingerprint density at radius 3 is 2.16 bits per heavy atom. The van der Waals surface area contributed by atoms with E-state index in [1.54, 1.807) is 38.1 Å². The Balaban J connectivity index is 2.13. The fourth-order valence-electron chi connectivity index (χ4n) is 3.43. The number of carbonyl (C=O) groups excluding carboxylic acids is 2. The Morgan fingerprint density at radius 2 is 1.68 bits per heavy atom. The molecule has 31 heavy (non-hydrogen) atoms. The van der Waals surface area contributed by atoms with Gasteiger partial charge in [0.1, 0.15) is 12.1 Å². The van der Waals surface area contributed by atoms with Crippen molar-refractivity contribution < 1.29 is 29.4 Å². The van der Waals surface area contributed by atoms with Gasteiger partial charge in [-0.25, -0.2) is 4.79 Å². The summed E-state index contributed by atoms with van der Waals surface area (Å²) in [6, 6.07) is 4.61. The highest BCUT2D eigenvalue weighted by atomic mass is 35.5. The van der Waals surface area contributed by atoms with E-state index in [9.17, 15) is 24.3 Å². The van der Waals surface area contributed by atoms with Crippen LogP contribution in [0.2, 0.25) is 5.02 Å². The van der Waals surface area contributed by atoms with Gasteiger partial charge in [-0.15, -0.1) is 0 Å². The maximum Gasteiger partial charge on any atom is 0.326 e. The van der Waals surface area contributed by atoms with E-state index in [1.807, 2.05) is 0 Å². The highest BCUT2D eigenvalue weighted by Crippen LogP contribution is 2.31. The maximum atomic E-state index is 13.1. The fourth-order valence-corrected chi connectivity index (χ4v) is 3.55. The van der Waals surface area contributed by atoms with Gasteiger partial charge in [0.25, 0.3) is 0 Å². The lowest BCUT2D eigenvalue weighted by Gasteiger charge is -2.32. The number of carboxylic acids is 2. The van der Waals surface area contributed by atoms with Gasteiger partial charge in [-0.05, 0) is 50.3 Å². The molecular formula is C22H29ClN2O6. The van der Waals surface area contributed by atoms with Gasteiger partial charge < -0.3 is 20.8 Å². The molecule has 0 unspecified atom stereocenters. The molecule has 170 valence electrons. The van der Waals surface area contributed by atoms with E-state index < -0.39 is 35.3 Å². The zero-order valence-corrected chi connectivity index (χ0v) is 18.4. The molecule has 1 aliphatic rings. The van der Waals surface area contributed by atoms with Crippen LogP contribution in [0.15, 0.2) is 24.3 Å². The van der Waals surface area contributed by atoms with Crippen molar-refractivity contribution in [2.45, 2.75) is 69.9 Å². The number of benzene rings is 1. The summed E-state index contributed by atoms with van der Waals surface area (Å²) >= 11 is 5.93. The molecule has 1 aliphatic carbocycles. The molecule has 0 saturated heterocycles. The molecule has 0 aromatic heterocycles. The largest absolute Gasteiger partial charge is 0.481 e. The van der Waals surface area contributed by atoms with Gasteiger partial charge in [0, 0.05) is 11.4 Å². The van der Waals surface area contributed by atoms with Crippen molar-refractivity contribution >= 4 is 35.4 Å². The number of halogens is 1. The number of hydrogen-bond donors (Lipinski definition) is 4. The summed E-state index contributed by atoms with van der Waals surface area (Å²) < 4.78 is 0. The lowest BCUT2D eigenvalue weighted by atomic mass is 9.79. The zero-order valence-electron chi connectivity index (χ0n) is 17.7. The van der Waals surface area contributed by atoms with Crippen molar-refractivity contribution in [2.75, 3.05) is 0 Å². The van der Waals surface area contributed by atoms with Gasteiger partial charge in [-0.1, -0.05) is 43.0 Å². The second kappa shape index (κ2) is 10.6. The summed E-state index contributed by atoms with van der Waals surface area (Å²) in [6.45, 7) is 3.47. The molecule has 2 atom stereocenters. The summed E-state index contributed by atoms with van der Waals surface area (Å²) in [6.07, 6.45) is 2.72. The van der Waals surface area contributed by atoms with Crippen molar-refractivity contribution in [1.29, 1.82) is 0 Å². The van der Waals surface area contributed by atoms with Gasteiger partial charge in [-0.2, -0.15) is 0 Å². The summed E-state index contributed by atoms with van der Waals surface area (Å²) in [5, 5.41) is 23.9. The smallest absolute Gasteiger partial charge is 0.326 e. The van der Waals surface area contributed by atoms with Crippen LogP contribution >= 0.6 is 11.6 Å². The van der Waals surface area contributed by atoms with E-state index >= 15 is 0 Å². The third kappa shape index (κ3) is 6.95. The third-order valence-corrected chi connectivity index (χ3v) is 6.06. The topological polar surface area (TPSA) is 133 Å². The Bertz CT molecular complexity index is 820. The summed E-state index contributed by atoms with van der Waals surface area (Å²) in [7, 11) is 0. The number of carboxylic acid groups (broad SMARTS) is 2. The molecule has 2 rings (SSSR count). The molecule has 2 amide bonds. The highest BCUT2D eigenvalue weighted by Gasteiger charge is 2.36. The van der Waals surface area contributed by atoms with E-state index in [-0.39, 0.29) is 24.7 Å². The molecule has 0 aliphatic heterocycles. The van der Waals surface area contributed by atoms with Crippen molar-refractivity contribution in [2.24, 2.45) is 5.92 Å². The molecule has 0 radical (unpaired) electrons. The second-order valence-electron chi connectivity index (χ2n) is 8.52. The molecule has 1 fully saturated rings. The number of aliphatic carboxylic acids is 2. The van der Waals surface area contributed by atoms with Crippen LogP contribution in [0.5, 0.6) is 0 Å². The van der Waals surface area contributed by atoms with E-state index in [2.05, 4.69) is 10.6 Å². The molecule has 4 N–H and O–H groups in total. The first-order valence-corrected chi connectivity index (χ1v) is 10.7. The standard InChI is InChI=1S/C22H29ClN2O6/c1-22(2,14-6-8-15(23)9-7-14)21(31)25-17(12-13-4-3-5-13)19(28)24-16(20(29)30)10-11-18(26)27/h6-9,13,16-17H,3-5,10-12H2,1-2H3,(H,24,28)(H,25,31)(H,26,27)(H,29,30)/t16-,17+/m1/s1. The lowest BCUT2D eigenvalue weighted by molar-refractivity contribution is -0.143. The first-order chi connectivity index (χ1) is 14.5. The molecule has 1 aromatic rings. The minimum atomic E-state index is -1.34. The average molecular weight is 453 g/mol. The Morgan fingerprint density at radius 1 is 1.06 bits per heavy atom. The van der Waals surface area contributed by atoms with Crippen LogP contribution in [0.4, 0.5) is 0 Å². The number of hydrogen-bond acceptors (Lipinski definition) is 4. The van der Waals surface area contributed by atoms with Crippen molar-refractivity contribution in [3.05, 3.63) is 34.9 Å². The van der Waals surface area contributed by atoms with E-state index in [1.165, 1.54) is 0 Å². The van der Waals surface area contributed by atoms with Crippen LogP contribution in [0, 0.1) is 5.92 Å². The molecular weight excluding hydrogens is 424 g/mol. The van der Waals surface area contributed by atoms with Crippen molar-refractivity contribution in [1.82, 2.24) is 10.6 Å². The molecule has 0 heterocycles. The quantitative estimate of drug-likeness (QED) is 0.408. The Labute approximate surface area is 186 Å². The molecule has 9 heteroatoms. The number of amides is 2. The van der Waals surface area contributed by atoms with Crippen LogP contribution in [0.25, 0.3) is 0 Å². The van der Waals surface area contributed by atoms with Crippen LogP contribution in [-0.2, 0) is 24.6 Å². The van der Waals surface area contributed by atoms with Crippen molar-refractivity contribution in [3.8, 4) is 0 Å². The van der Waals surface area contributed by atoms with Crippen molar-refractivity contribution in [3.63, 3.8) is 0 Å². The first-order valence-electron chi connectivity index (χ1n) is 10.3. The van der Waals surface area contributed by atoms with Crippen LogP contribution in [-0.4, -0.2) is 46.0 Å². The Hall–Kier alpha value is -2.61. The van der Waals surface area contributed by atoms with E-state index in [4.69, 9.17) is 16.7 Å². The van der Waals surface area contributed by atoms with Gasteiger partial charge in [0.15, 0.2) is 0 Å². The molecule has 1 saturated carbocycles. The van der Waals surface area contributed by atoms with Crippen LogP contribution in [0.3, 0.4) is 0 Å². The predicted octanol–water partition coefficient (Wildman–Crippen LogP) is 2.73. The predicted molar refractivity (Wildman–Crippen MR) is 115 cm³/mol.